The van der Waals surface area contributed by atoms with Crippen molar-refractivity contribution in [1.29, 1.82) is 0 Å². The molecule has 0 saturated heterocycles. The summed E-state index contributed by atoms with van der Waals surface area (Å²) < 4.78 is 4.92. The summed E-state index contributed by atoms with van der Waals surface area (Å²) in [6.45, 7) is 3.59. The molecule has 0 saturated carbocycles. The van der Waals surface area contributed by atoms with Gasteiger partial charge in [-0.25, -0.2) is 0 Å². The lowest BCUT2D eigenvalue weighted by Gasteiger charge is -2.22. The largest absolute Gasteiger partial charge is 0.460 e. The molecule has 0 aliphatic heterocycles. The molecule has 4 N–H and O–H groups in total. The number of carbonyl (C=O) groups is 1. The van der Waals surface area contributed by atoms with Crippen LogP contribution in [-0.2, 0) is 9.53 Å². The zero-order valence-corrected chi connectivity index (χ0v) is 9.53. The van der Waals surface area contributed by atoms with Crippen LogP contribution in [0.4, 0.5) is 0 Å². The lowest BCUT2D eigenvalue weighted by atomic mass is 10.1. The Hall–Kier alpha value is 0.0300. The van der Waals surface area contributed by atoms with E-state index in [9.17, 15) is 4.79 Å². The number of nitrogens with two attached hydrogens (primary N) is 2. The van der Waals surface area contributed by atoms with Gasteiger partial charge in [0.05, 0.1) is 0 Å². The van der Waals surface area contributed by atoms with E-state index in [1.165, 1.54) is 0 Å². The van der Waals surface area contributed by atoms with Crippen molar-refractivity contribution in [3.63, 3.8) is 0 Å². The minimum absolute atomic E-state index is 0. The summed E-state index contributed by atoms with van der Waals surface area (Å²) in [5.41, 5.74) is 9.82. The number of carbonyl (C=O) groups excluding carboxylic acids is 1. The van der Waals surface area contributed by atoms with Crippen LogP contribution in [0.25, 0.3) is 0 Å². The number of hydrogen-bond donors (Lipinski definition) is 3. The molecule has 0 heterocycles. The molecule has 2 atom stereocenters. The second-order valence-corrected chi connectivity index (χ2v) is 3.34. The van der Waals surface area contributed by atoms with E-state index >= 15 is 0 Å². The minimum atomic E-state index is -1.02. The van der Waals surface area contributed by atoms with E-state index in [4.69, 9.17) is 16.2 Å². The molecular weight excluding hydrogens is 212 g/mol. The topological polar surface area (TPSA) is 78.3 Å². The van der Waals surface area contributed by atoms with Crippen molar-refractivity contribution >= 4 is 31.0 Å². The van der Waals surface area contributed by atoms with E-state index in [1.807, 2.05) is 0 Å². The molecule has 0 amide bonds. The average Bonchev–Trinajstić information content (AvgIpc) is 2.04. The number of esters is 1. The third kappa shape index (κ3) is 5.36. The van der Waals surface area contributed by atoms with E-state index in [2.05, 4.69) is 12.6 Å². The zero-order chi connectivity index (χ0) is 9.78. The van der Waals surface area contributed by atoms with E-state index in [0.717, 1.165) is 0 Å². The molecule has 0 radical (unpaired) electrons. The van der Waals surface area contributed by atoms with E-state index in [0.29, 0.717) is 6.54 Å². The second kappa shape index (κ2) is 6.48. The van der Waals surface area contributed by atoms with Crippen LogP contribution in [0.2, 0.25) is 0 Å². The highest BCUT2D eigenvalue weighted by molar-refractivity contribution is 7.80. The monoisotopic (exact) mass is 228 g/mol. The number of rotatable bonds is 4. The zero-order valence-electron chi connectivity index (χ0n) is 7.82. The third-order valence-corrected chi connectivity index (χ3v) is 2.09. The smallest absolute Gasteiger partial charge is 0.326 e. The Morgan fingerprint density at radius 2 is 2.15 bits per heavy atom. The Bertz CT molecular complexity index is 167. The first-order chi connectivity index (χ1) is 5.44. The molecule has 0 aromatic carbocycles. The molecule has 0 bridgehead atoms. The van der Waals surface area contributed by atoms with Crippen molar-refractivity contribution in [3.05, 3.63) is 0 Å². The molecule has 0 fully saturated rings. The van der Waals surface area contributed by atoms with Crippen LogP contribution >= 0.6 is 25.0 Å². The Kier molecular flexibility index (Phi) is 7.72. The molecule has 4 nitrogen and oxygen atoms in total. The van der Waals surface area contributed by atoms with Crippen LogP contribution < -0.4 is 11.5 Å². The van der Waals surface area contributed by atoms with Crippen molar-refractivity contribution in [2.24, 2.45) is 11.5 Å². The molecule has 0 aliphatic rings. The quantitative estimate of drug-likeness (QED) is 0.466. The Morgan fingerprint density at radius 3 is 2.46 bits per heavy atom. The van der Waals surface area contributed by atoms with Gasteiger partial charge in [0.25, 0.3) is 0 Å². The number of halogens is 1. The van der Waals surface area contributed by atoms with Gasteiger partial charge in [-0.15, -0.1) is 12.4 Å². The first-order valence-electron chi connectivity index (χ1n) is 3.75. The standard InChI is InChI=1S/C7H16N2O2S.ClH/c1-5(3-8)11-6(10)7(2,9)4-12;/h5,12H,3-4,8-9H2,1-2H3;1H/t5?,7-;/m0./s1. The highest BCUT2D eigenvalue weighted by atomic mass is 35.5. The average molecular weight is 229 g/mol. The summed E-state index contributed by atoms with van der Waals surface area (Å²) in [5.74, 6) is -0.209. The number of hydrogen-bond acceptors (Lipinski definition) is 5. The van der Waals surface area contributed by atoms with Crippen molar-refractivity contribution in [1.82, 2.24) is 0 Å². The summed E-state index contributed by atoms with van der Waals surface area (Å²) in [6.07, 6.45) is -0.291. The van der Waals surface area contributed by atoms with Gasteiger partial charge in [-0.3, -0.25) is 4.79 Å². The molecule has 0 aromatic rings. The molecule has 13 heavy (non-hydrogen) atoms. The van der Waals surface area contributed by atoms with Gasteiger partial charge in [-0.2, -0.15) is 12.6 Å². The molecule has 80 valence electrons. The van der Waals surface area contributed by atoms with Crippen molar-refractivity contribution in [3.8, 4) is 0 Å². The Labute approximate surface area is 90.2 Å². The van der Waals surface area contributed by atoms with Gasteiger partial charge in [-0.1, -0.05) is 0 Å². The summed E-state index contributed by atoms with van der Waals surface area (Å²) in [7, 11) is 0. The molecule has 1 unspecified atom stereocenters. The van der Waals surface area contributed by atoms with Crippen LogP contribution in [0.15, 0.2) is 0 Å². The highest BCUT2D eigenvalue weighted by Gasteiger charge is 2.29. The van der Waals surface area contributed by atoms with Crippen molar-refractivity contribution < 1.29 is 9.53 Å². The fraction of sp³-hybridized carbons (Fsp3) is 0.857. The SMILES string of the molecule is CC(CN)OC(=O)[C@@](C)(N)CS.Cl. The Morgan fingerprint density at radius 1 is 1.69 bits per heavy atom. The maximum Gasteiger partial charge on any atom is 0.326 e. The molecule has 0 aromatic heterocycles. The second-order valence-electron chi connectivity index (χ2n) is 3.03. The van der Waals surface area contributed by atoms with Gasteiger partial charge >= 0.3 is 5.97 Å². The van der Waals surface area contributed by atoms with Crippen LogP contribution in [-0.4, -0.2) is 29.9 Å². The predicted molar refractivity (Wildman–Crippen MR) is 58.3 cm³/mol. The van der Waals surface area contributed by atoms with Crippen molar-refractivity contribution in [2.75, 3.05) is 12.3 Å². The van der Waals surface area contributed by atoms with Crippen molar-refractivity contribution in [2.45, 2.75) is 25.5 Å². The van der Waals surface area contributed by atoms with Gasteiger partial charge in [0, 0.05) is 12.3 Å². The van der Waals surface area contributed by atoms with E-state index < -0.39 is 11.5 Å². The maximum atomic E-state index is 11.2. The number of thiol groups is 1. The lowest BCUT2D eigenvalue weighted by Crippen LogP contribution is -2.49. The van der Waals surface area contributed by atoms with E-state index in [-0.39, 0.29) is 24.3 Å². The third-order valence-electron chi connectivity index (χ3n) is 1.43. The molecule has 6 heteroatoms. The van der Waals surface area contributed by atoms with Crippen LogP contribution in [0.3, 0.4) is 0 Å². The normalized spacial score (nSPS) is 16.7. The highest BCUT2D eigenvalue weighted by Crippen LogP contribution is 2.06. The number of ether oxygens (including phenoxy) is 1. The summed E-state index contributed by atoms with van der Waals surface area (Å²) in [4.78, 5) is 11.2. The first-order valence-corrected chi connectivity index (χ1v) is 4.38. The minimum Gasteiger partial charge on any atom is -0.460 e. The van der Waals surface area contributed by atoms with Gasteiger partial charge < -0.3 is 16.2 Å². The summed E-state index contributed by atoms with van der Waals surface area (Å²) in [5, 5.41) is 0. The Balaban J connectivity index is 0. The predicted octanol–water partition coefficient (Wildman–Crippen LogP) is -0.0542. The summed E-state index contributed by atoms with van der Waals surface area (Å²) >= 11 is 3.94. The fourth-order valence-corrected chi connectivity index (χ4v) is 0.559. The van der Waals surface area contributed by atoms with E-state index in [1.54, 1.807) is 13.8 Å². The van der Waals surface area contributed by atoms with Gasteiger partial charge in [0.15, 0.2) is 0 Å². The van der Waals surface area contributed by atoms with Gasteiger partial charge in [0.2, 0.25) is 0 Å². The molecule has 0 rings (SSSR count). The summed E-state index contributed by atoms with van der Waals surface area (Å²) in [6, 6.07) is 0. The van der Waals surface area contributed by atoms with Crippen LogP contribution in [0.1, 0.15) is 13.8 Å². The van der Waals surface area contributed by atoms with Gasteiger partial charge in [-0.05, 0) is 13.8 Å². The fourth-order valence-electron chi connectivity index (χ4n) is 0.430. The van der Waals surface area contributed by atoms with Crippen LogP contribution in [0.5, 0.6) is 0 Å². The molecule has 0 spiro atoms. The lowest BCUT2D eigenvalue weighted by molar-refractivity contribution is -0.152. The van der Waals surface area contributed by atoms with Crippen LogP contribution in [0, 0.1) is 0 Å². The molecular formula is C7H17ClN2O2S. The van der Waals surface area contributed by atoms with Gasteiger partial charge in [0.1, 0.15) is 11.6 Å². The first kappa shape index (κ1) is 15.5. The maximum absolute atomic E-state index is 11.2. The molecule has 0 aliphatic carbocycles.